The average molecular weight is 412 g/mol. The highest BCUT2D eigenvalue weighted by Crippen LogP contribution is 2.25. The summed E-state index contributed by atoms with van der Waals surface area (Å²) >= 11 is 0. The Morgan fingerprint density at radius 2 is 1.52 bits per heavy atom. The molecule has 0 bridgehead atoms. The molecule has 0 fully saturated rings. The van der Waals surface area contributed by atoms with Crippen molar-refractivity contribution in [3.63, 3.8) is 0 Å². The lowest BCUT2D eigenvalue weighted by atomic mass is 10.0. The van der Waals surface area contributed by atoms with Crippen molar-refractivity contribution in [3.05, 3.63) is 101 Å². The fourth-order valence-electron chi connectivity index (χ4n) is 3.61. The molecule has 0 spiro atoms. The van der Waals surface area contributed by atoms with Crippen molar-refractivity contribution in [1.82, 2.24) is 4.90 Å². The van der Waals surface area contributed by atoms with E-state index in [0.29, 0.717) is 23.2 Å². The first kappa shape index (κ1) is 20.2. The summed E-state index contributed by atoms with van der Waals surface area (Å²) in [4.78, 5) is 51.2. The van der Waals surface area contributed by atoms with Crippen molar-refractivity contribution in [2.75, 3.05) is 11.9 Å². The predicted molar refractivity (Wildman–Crippen MR) is 116 cm³/mol. The molecule has 6 heteroatoms. The lowest BCUT2D eigenvalue weighted by Crippen LogP contribution is -2.31. The lowest BCUT2D eigenvalue weighted by Gasteiger charge is -2.13. The van der Waals surface area contributed by atoms with Crippen LogP contribution in [0, 0.1) is 0 Å². The van der Waals surface area contributed by atoms with Crippen LogP contribution in [-0.2, 0) is 6.42 Å². The highest BCUT2D eigenvalue weighted by molar-refractivity contribution is 6.22. The van der Waals surface area contributed by atoms with Crippen LogP contribution in [-0.4, -0.2) is 34.9 Å². The SMILES string of the molecule is CC(=O)c1ccccc1NC(=O)c1ccc2c(c1)C(=O)N(CCc1ccccc1)C2=O. The van der Waals surface area contributed by atoms with Crippen molar-refractivity contribution in [2.24, 2.45) is 0 Å². The van der Waals surface area contributed by atoms with Gasteiger partial charge < -0.3 is 5.32 Å². The Kier molecular flexibility index (Phi) is 5.45. The van der Waals surface area contributed by atoms with Crippen LogP contribution in [0.4, 0.5) is 5.69 Å². The molecule has 1 aliphatic heterocycles. The molecule has 0 atom stereocenters. The van der Waals surface area contributed by atoms with Gasteiger partial charge >= 0.3 is 0 Å². The number of nitrogens with zero attached hydrogens (tertiary/aromatic N) is 1. The summed E-state index contributed by atoms with van der Waals surface area (Å²) in [5, 5.41) is 2.71. The van der Waals surface area contributed by atoms with Crippen LogP contribution in [0.15, 0.2) is 72.8 Å². The van der Waals surface area contributed by atoms with Crippen LogP contribution in [0.1, 0.15) is 53.9 Å². The lowest BCUT2D eigenvalue weighted by molar-refractivity contribution is 0.0655. The van der Waals surface area contributed by atoms with E-state index in [9.17, 15) is 19.2 Å². The molecule has 3 aromatic rings. The Morgan fingerprint density at radius 1 is 0.839 bits per heavy atom. The maximum atomic E-state index is 12.8. The third-order valence-electron chi connectivity index (χ3n) is 5.25. The fourth-order valence-corrected chi connectivity index (χ4v) is 3.61. The van der Waals surface area contributed by atoms with Crippen molar-refractivity contribution in [2.45, 2.75) is 13.3 Å². The normalized spacial score (nSPS) is 12.6. The molecule has 3 amide bonds. The molecule has 3 aromatic carbocycles. The van der Waals surface area contributed by atoms with E-state index in [-0.39, 0.29) is 29.4 Å². The molecular weight excluding hydrogens is 392 g/mol. The minimum Gasteiger partial charge on any atom is -0.321 e. The van der Waals surface area contributed by atoms with E-state index in [1.54, 1.807) is 24.3 Å². The number of nitrogens with one attached hydrogen (secondary N) is 1. The minimum atomic E-state index is -0.459. The highest BCUT2D eigenvalue weighted by Gasteiger charge is 2.35. The van der Waals surface area contributed by atoms with Gasteiger partial charge in [-0.1, -0.05) is 42.5 Å². The topological polar surface area (TPSA) is 83.6 Å². The maximum absolute atomic E-state index is 12.8. The van der Waals surface area contributed by atoms with Gasteiger partial charge in [0.15, 0.2) is 5.78 Å². The molecule has 4 rings (SSSR count). The first-order valence-corrected chi connectivity index (χ1v) is 9.91. The van der Waals surface area contributed by atoms with E-state index in [1.165, 1.54) is 30.0 Å². The maximum Gasteiger partial charge on any atom is 0.261 e. The Bertz CT molecular complexity index is 1200. The zero-order valence-corrected chi connectivity index (χ0v) is 16.9. The first-order valence-electron chi connectivity index (χ1n) is 9.91. The summed E-state index contributed by atoms with van der Waals surface area (Å²) in [6.45, 7) is 1.69. The Labute approximate surface area is 179 Å². The molecule has 6 nitrogen and oxygen atoms in total. The zero-order chi connectivity index (χ0) is 22.0. The third-order valence-corrected chi connectivity index (χ3v) is 5.25. The predicted octanol–water partition coefficient (Wildman–Crippen LogP) is 3.98. The van der Waals surface area contributed by atoms with Crippen LogP contribution < -0.4 is 5.32 Å². The van der Waals surface area contributed by atoms with Gasteiger partial charge in [0.1, 0.15) is 0 Å². The number of Topliss-reactive ketones (excluding diaryl/α,β-unsaturated/α-hetero) is 1. The van der Waals surface area contributed by atoms with E-state index in [4.69, 9.17) is 0 Å². The molecule has 1 N–H and O–H groups in total. The van der Waals surface area contributed by atoms with E-state index in [1.807, 2.05) is 30.3 Å². The van der Waals surface area contributed by atoms with Gasteiger partial charge in [-0.15, -0.1) is 0 Å². The number of hydrogen-bond donors (Lipinski definition) is 1. The summed E-state index contributed by atoms with van der Waals surface area (Å²) in [5.41, 5.74) is 2.57. The van der Waals surface area contributed by atoms with Crippen LogP contribution in [0.25, 0.3) is 0 Å². The molecule has 1 heterocycles. The average Bonchev–Trinajstić information content (AvgIpc) is 3.02. The van der Waals surface area contributed by atoms with Crippen molar-refractivity contribution in [1.29, 1.82) is 0 Å². The summed E-state index contributed by atoms with van der Waals surface area (Å²) in [6.07, 6.45) is 0.557. The van der Waals surface area contributed by atoms with Gasteiger partial charge in [0.25, 0.3) is 17.7 Å². The summed E-state index contributed by atoms with van der Waals surface area (Å²) in [7, 11) is 0. The van der Waals surface area contributed by atoms with Gasteiger partial charge in [-0.2, -0.15) is 0 Å². The van der Waals surface area contributed by atoms with E-state index in [2.05, 4.69) is 5.32 Å². The number of amides is 3. The van der Waals surface area contributed by atoms with Gasteiger partial charge in [0.2, 0.25) is 0 Å². The van der Waals surface area contributed by atoms with Crippen molar-refractivity contribution < 1.29 is 19.2 Å². The van der Waals surface area contributed by atoms with Crippen LogP contribution in [0.5, 0.6) is 0 Å². The molecule has 0 unspecified atom stereocenters. The summed E-state index contributed by atoms with van der Waals surface area (Å²) in [6, 6.07) is 20.8. The Balaban J connectivity index is 1.53. The number of benzene rings is 3. The second-order valence-electron chi connectivity index (χ2n) is 7.31. The number of hydrogen-bond acceptors (Lipinski definition) is 4. The van der Waals surface area contributed by atoms with Crippen LogP contribution in [0.3, 0.4) is 0 Å². The van der Waals surface area contributed by atoms with Gasteiger partial charge in [0, 0.05) is 17.7 Å². The Hall–Kier alpha value is -4.06. The monoisotopic (exact) mass is 412 g/mol. The largest absolute Gasteiger partial charge is 0.321 e. The van der Waals surface area contributed by atoms with Crippen LogP contribution >= 0.6 is 0 Å². The standard InChI is InChI=1S/C25H20N2O4/c1-16(28)19-9-5-6-10-22(19)26-23(29)18-11-12-20-21(15-18)25(31)27(24(20)30)14-13-17-7-3-2-4-8-17/h2-12,15H,13-14H2,1H3,(H,26,29). The number of carbonyl (C=O) groups excluding carboxylic acids is 4. The second-order valence-corrected chi connectivity index (χ2v) is 7.31. The number of anilines is 1. The molecule has 0 saturated heterocycles. The number of ketones is 1. The van der Waals surface area contributed by atoms with Crippen LogP contribution in [0.2, 0.25) is 0 Å². The number of rotatable bonds is 6. The molecule has 154 valence electrons. The molecule has 0 aromatic heterocycles. The number of para-hydroxylation sites is 1. The summed E-state index contributed by atoms with van der Waals surface area (Å²) in [5.74, 6) is -1.39. The molecule has 0 radical (unpaired) electrons. The zero-order valence-electron chi connectivity index (χ0n) is 16.9. The van der Waals surface area contributed by atoms with Gasteiger partial charge in [-0.25, -0.2) is 0 Å². The first-order chi connectivity index (χ1) is 15.0. The summed E-state index contributed by atoms with van der Waals surface area (Å²) < 4.78 is 0. The van der Waals surface area contributed by atoms with Gasteiger partial charge in [0.05, 0.1) is 16.8 Å². The smallest absolute Gasteiger partial charge is 0.261 e. The Morgan fingerprint density at radius 3 is 2.26 bits per heavy atom. The van der Waals surface area contributed by atoms with Crippen molar-refractivity contribution in [3.8, 4) is 0 Å². The van der Waals surface area contributed by atoms with Crippen molar-refractivity contribution >= 4 is 29.2 Å². The third kappa shape index (κ3) is 4.00. The molecule has 1 aliphatic rings. The van der Waals surface area contributed by atoms with E-state index in [0.717, 1.165) is 5.56 Å². The van der Waals surface area contributed by atoms with Gasteiger partial charge in [-0.3, -0.25) is 24.1 Å². The number of fused-ring (bicyclic) bond motifs is 1. The highest BCUT2D eigenvalue weighted by atomic mass is 16.2. The molecular formula is C25H20N2O4. The number of carbonyl (C=O) groups is 4. The number of imide groups is 1. The molecule has 0 aliphatic carbocycles. The fraction of sp³-hybridized carbons (Fsp3) is 0.120. The molecule has 0 saturated carbocycles. The second kappa shape index (κ2) is 8.36. The quantitative estimate of drug-likeness (QED) is 0.490. The minimum absolute atomic E-state index is 0.167. The van der Waals surface area contributed by atoms with E-state index < -0.39 is 11.8 Å². The van der Waals surface area contributed by atoms with Gasteiger partial charge in [-0.05, 0) is 49.2 Å². The molecule has 31 heavy (non-hydrogen) atoms. The van der Waals surface area contributed by atoms with E-state index >= 15 is 0 Å².